The first-order chi connectivity index (χ1) is 7.59. The first-order valence-corrected chi connectivity index (χ1v) is 4.94. The zero-order valence-corrected chi connectivity index (χ0v) is 8.73. The van der Waals surface area contributed by atoms with Crippen LogP contribution in [0.2, 0.25) is 0 Å². The number of fused-ring (bicyclic) bond motifs is 1. The summed E-state index contributed by atoms with van der Waals surface area (Å²) >= 11 is 0. The number of hydrogen-bond donors (Lipinski definition) is 2. The molecule has 0 aromatic heterocycles. The van der Waals surface area contributed by atoms with Gasteiger partial charge in [0, 0.05) is 11.6 Å². The van der Waals surface area contributed by atoms with Gasteiger partial charge in [0.25, 0.3) is 5.91 Å². The number of carbonyl (C=O) groups is 2. The molecule has 1 aromatic rings. The Hall–Kier alpha value is -2.10. The quantitative estimate of drug-likeness (QED) is 0.696. The number of rotatable bonds is 1. The van der Waals surface area contributed by atoms with Gasteiger partial charge in [0.05, 0.1) is 6.04 Å². The normalized spacial score (nSPS) is 21.4. The molecule has 4 nitrogen and oxygen atoms in total. The maximum Gasteiger partial charge on any atom is 0.328 e. The van der Waals surface area contributed by atoms with E-state index in [1.165, 1.54) is 0 Å². The highest BCUT2D eigenvalue weighted by Gasteiger charge is 2.25. The standard InChI is InChI=1S/C12H11NO3/c1-7-10(6-11(14)15)8-4-2-3-5-9(8)12(16)13-7/h2-7H,1H3,(H,13,16)(H,14,15)/b10-6+/t7-/m1/s1. The van der Waals surface area contributed by atoms with E-state index in [1.807, 2.05) is 0 Å². The molecule has 1 atom stereocenters. The molecule has 4 heteroatoms. The van der Waals surface area contributed by atoms with Gasteiger partial charge in [0.15, 0.2) is 0 Å². The lowest BCUT2D eigenvalue weighted by molar-refractivity contribution is -0.131. The Morgan fingerprint density at radius 2 is 2.00 bits per heavy atom. The van der Waals surface area contributed by atoms with E-state index in [1.54, 1.807) is 31.2 Å². The van der Waals surface area contributed by atoms with Gasteiger partial charge in [0.1, 0.15) is 0 Å². The zero-order chi connectivity index (χ0) is 11.7. The Labute approximate surface area is 92.6 Å². The van der Waals surface area contributed by atoms with Crippen LogP contribution in [-0.2, 0) is 4.79 Å². The number of hydrogen-bond acceptors (Lipinski definition) is 2. The minimum Gasteiger partial charge on any atom is -0.478 e. The summed E-state index contributed by atoms with van der Waals surface area (Å²) in [5.74, 6) is -1.17. The highest BCUT2D eigenvalue weighted by Crippen LogP contribution is 2.26. The summed E-state index contributed by atoms with van der Waals surface area (Å²) in [5, 5.41) is 11.5. The van der Waals surface area contributed by atoms with Crippen molar-refractivity contribution in [3.8, 4) is 0 Å². The van der Waals surface area contributed by atoms with Gasteiger partial charge in [-0.2, -0.15) is 0 Å². The molecule has 1 heterocycles. The monoisotopic (exact) mass is 217 g/mol. The fourth-order valence-electron chi connectivity index (χ4n) is 1.85. The van der Waals surface area contributed by atoms with Crippen molar-refractivity contribution in [3.63, 3.8) is 0 Å². The van der Waals surface area contributed by atoms with Crippen molar-refractivity contribution >= 4 is 17.4 Å². The van der Waals surface area contributed by atoms with Crippen LogP contribution in [0.3, 0.4) is 0 Å². The summed E-state index contributed by atoms with van der Waals surface area (Å²) in [7, 11) is 0. The summed E-state index contributed by atoms with van der Waals surface area (Å²) in [4.78, 5) is 22.4. The third-order valence-corrected chi connectivity index (χ3v) is 2.58. The number of carboxylic acid groups (broad SMARTS) is 1. The molecule has 1 amide bonds. The Bertz CT molecular complexity index is 491. The Balaban J connectivity index is 2.60. The number of carboxylic acids is 1. The number of benzene rings is 1. The van der Waals surface area contributed by atoms with Crippen LogP contribution in [0.5, 0.6) is 0 Å². The van der Waals surface area contributed by atoms with Crippen molar-refractivity contribution in [2.75, 3.05) is 0 Å². The van der Waals surface area contributed by atoms with Crippen LogP contribution in [0, 0.1) is 0 Å². The van der Waals surface area contributed by atoms with E-state index >= 15 is 0 Å². The van der Waals surface area contributed by atoms with E-state index in [9.17, 15) is 9.59 Å². The van der Waals surface area contributed by atoms with Crippen molar-refractivity contribution in [2.24, 2.45) is 0 Å². The van der Waals surface area contributed by atoms with Gasteiger partial charge in [-0.25, -0.2) is 4.79 Å². The van der Waals surface area contributed by atoms with Crippen LogP contribution in [0.15, 0.2) is 30.3 Å². The second-order valence-corrected chi connectivity index (χ2v) is 3.68. The first-order valence-electron chi connectivity index (χ1n) is 4.94. The first kappa shape index (κ1) is 10.4. The van der Waals surface area contributed by atoms with Gasteiger partial charge in [-0.05, 0) is 24.1 Å². The topological polar surface area (TPSA) is 66.4 Å². The Morgan fingerprint density at radius 1 is 1.38 bits per heavy atom. The van der Waals surface area contributed by atoms with Gasteiger partial charge in [-0.15, -0.1) is 0 Å². The third kappa shape index (κ3) is 1.69. The van der Waals surface area contributed by atoms with Crippen molar-refractivity contribution in [1.82, 2.24) is 5.32 Å². The zero-order valence-electron chi connectivity index (χ0n) is 8.73. The maximum absolute atomic E-state index is 11.6. The fourth-order valence-corrected chi connectivity index (χ4v) is 1.85. The molecule has 0 aliphatic carbocycles. The Morgan fingerprint density at radius 3 is 2.62 bits per heavy atom. The SMILES string of the molecule is C[C@H]1NC(=O)c2ccccc2/C1=C/C(=O)O. The smallest absolute Gasteiger partial charge is 0.328 e. The highest BCUT2D eigenvalue weighted by atomic mass is 16.4. The van der Waals surface area contributed by atoms with E-state index in [0.29, 0.717) is 16.7 Å². The lowest BCUT2D eigenvalue weighted by Crippen LogP contribution is -2.38. The number of aliphatic carboxylic acids is 1. The maximum atomic E-state index is 11.6. The average Bonchev–Trinajstić information content (AvgIpc) is 2.24. The summed E-state index contributed by atoms with van der Waals surface area (Å²) in [6, 6.07) is 6.72. The van der Waals surface area contributed by atoms with Gasteiger partial charge in [0.2, 0.25) is 0 Å². The molecular weight excluding hydrogens is 206 g/mol. The molecule has 82 valence electrons. The molecule has 1 aromatic carbocycles. The molecule has 0 spiro atoms. The molecule has 0 radical (unpaired) electrons. The van der Waals surface area contributed by atoms with Crippen LogP contribution in [0.4, 0.5) is 0 Å². The van der Waals surface area contributed by atoms with Crippen LogP contribution in [0.25, 0.3) is 5.57 Å². The van der Waals surface area contributed by atoms with Crippen molar-refractivity contribution in [3.05, 3.63) is 41.5 Å². The van der Waals surface area contributed by atoms with E-state index in [2.05, 4.69) is 5.32 Å². The highest BCUT2D eigenvalue weighted by molar-refractivity contribution is 6.06. The summed E-state index contributed by atoms with van der Waals surface area (Å²) < 4.78 is 0. The molecule has 0 fully saturated rings. The molecule has 0 saturated carbocycles. The van der Waals surface area contributed by atoms with E-state index < -0.39 is 5.97 Å². The fraction of sp³-hybridized carbons (Fsp3) is 0.167. The van der Waals surface area contributed by atoms with Crippen LogP contribution < -0.4 is 5.32 Å². The molecular formula is C12H11NO3. The van der Waals surface area contributed by atoms with Crippen molar-refractivity contribution < 1.29 is 14.7 Å². The molecule has 1 aliphatic rings. The van der Waals surface area contributed by atoms with Crippen LogP contribution in [-0.4, -0.2) is 23.0 Å². The van der Waals surface area contributed by atoms with E-state index in [-0.39, 0.29) is 11.9 Å². The van der Waals surface area contributed by atoms with Gasteiger partial charge in [-0.1, -0.05) is 18.2 Å². The second kappa shape index (κ2) is 3.81. The lowest BCUT2D eigenvalue weighted by atomic mass is 9.90. The molecule has 2 N–H and O–H groups in total. The van der Waals surface area contributed by atoms with Crippen LogP contribution in [0.1, 0.15) is 22.8 Å². The predicted octanol–water partition coefficient (Wildman–Crippen LogP) is 1.29. The minimum atomic E-state index is -1.01. The lowest BCUT2D eigenvalue weighted by Gasteiger charge is -2.25. The van der Waals surface area contributed by atoms with Gasteiger partial charge < -0.3 is 10.4 Å². The van der Waals surface area contributed by atoms with Gasteiger partial charge >= 0.3 is 5.97 Å². The largest absolute Gasteiger partial charge is 0.478 e. The molecule has 0 bridgehead atoms. The molecule has 16 heavy (non-hydrogen) atoms. The Kier molecular flexibility index (Phi) is 2.48. The van der Waals surface area contributed by atoms with Crippen molar-refractivity contribution in [1.29, 1.82) is 0 Å². The molecule has 0 saturated heterocycles. The molecule has 2 rings (SSSR count). The van der Waals surface area contributed by atoms with Crippen molar-refractivity contribution in [2.45, 2.75) is 13.0 Å². The summed E-state index contributed by atoms with van der Waals surface area (Å²) in [6.45, 7) is 1.77. The van der Waals surface area contributed by atoms with E-state index in [4.69, 9.17) is 5.11 Å². The second-order valence-electron chi connectivity index (χ2n) is 3.68. The van der Waals surface area contributed by atoms with Gasteiger partial charge in [-0.3, -0.25) is 4.79 Å². The minimum absolute atomic E-state index is 0.161. The number of amides is 1. The van der Waals surface area contributed by atoms with E-state index in [0.717, 1.165) is 6.08 Å². The summed E-state index contributed by atoms with van der Waals surface area (Å²) in [5.41, 5.74) is 1.84. The van der Waals surface area contributed by atoms with Crippen LogP contribution >= 0.6 is 0 Å². The molecule has 1 aliphatic heterocycles. The third-order valence-electron chi connectivity index (χ3n) is 2.58. The predicted molar refractivity (Wildman–Crippen MR) is 59.0 cm³/mol. The molecule has 0 unspecified atom stereocenters. The number of nitrogens with one attached hydrogen (secondary N) is 1. The number of carbonyl (C=O) groups excluding carboxylic acids is 1. The summed E-state index contributed by atoms with van der Waals surface area (Å²) in [6.07, 6.45) is 1.14. The average molecular weight is 217 g/mol.